The van der Waals surface area contributed by atoms with Gasteiger partial charge in [0, 0.05) is 6.26 Å². The molecule has 42 valence electrons. The van der Waals surface area contributed by atoms with Crippen LogP contribution < -0.4 is 58.2 Å². The minimum absolute atomic E-state index is 0. The van der Waals surface area contributed by atoms with Gasteiger partial charge in [-0.15, -0.1) is 0 Å². The molecule has 1 N–H and O–H groups in total. The molecule has 5 heteroatoms. The predicted molar refractivity (Wildman–Crippen MR) is 22.3 cm³/mol. The van der Waals surface area contributed by atoms with E-state index < -0.39 is 5.97 Å². The molecule has 0 aliphatic carbocycles. The molecule has 0 saturated carbocycles. The van der Waals surface area contributed by atoms with Crippen LogP contribution in [0.2, 0.25) is 0 Å². The van der Waals surface area contributed by atoms with Gasteiger partial charge < -0.3 is 14.4 Å². The van der Waals surface area contributed by atoms with Gasteiger partial charge in [0.05, 0.1) is 0 Å². The summed E-state index contributed by atoms with van der Waals surface area (Å²) in [5.41, 5.74) is -0.0509. The Morgan fingerprint density at radius 1 is 1.89 bits per heavy atom. The zero-order chi connectivity index (χ0) is 5.98. The van der Waals surface area contributed by atoms with Gasteiger partial charge in [-0.1, -0.05) is 5.56 Å². The molecule has 0 saturated heterocycles. The van der Waals surface area contributed by atoms with Gasteiger partial charge >= 0.3 is 58.2 Å². The van der Waals surface area contributed by atoms with Gasteiger partial charge in [-0.3, -0.25) is 0 Å². The Kier molecular flexibility index (Phi) is 4.56. The zero-order valence-corrected chi connectivity index (χ0v) is 9.70. The number of carbonyl (C=O) groups is 1. The van der Waals surface area contributed by atoms with E-state index in [9.17, 15) is 4.79 Å². The van der Waals surface area contributed by atoms with Gasteiger partial charge in [0.2, 0.25) is 5.97 Å². The van der Waals surface area contributed by atoms with Crippen molar-refractivity contribution in [2.45, 2.75) is 0 Å². The summed E-state index contributed by atoms with van der Waals surface area (Å²) >= 11 is 0. The largest absolute Gasteiger partial charge is 1.00 e. The number of rotatable bonds is 1. The number of aromatic carboxylic acids is 1. The van der Waals surface area contributed by atoms with Crippen molar-refractivity contribution in [2.24, 2.45) is 0 Å². The van der Waals surface area contributed by atoms with Crippen molar-refractivity contribution >= 4 is 5.97 Å². The first-order valence-electron chi connectivity index (χ1n) is 1.86. The summed E-state index contributed by atoms with van der Waals surface area (Å²) in [7, 11) is 0. The third kappa shape index (κ3) is 2.71. The maximum atomic E-state index is 9.93. The minimum Gasteiger partial charge on any atom is -0.535 e. The summed E-state index contributed by atoms with van der Waals surface area (Å²) < 4.78 is 4.19. The first-order valence-corrected chi connectivity index (χ1v) is 1.86. The van der Waals surface area contributed by atoms with Crippen LogP contribution in [0, 0.1) is 6.20 Å². The Morgan fingerprint density at radius 2 is 2.56 bits per heavy atom. The maximum absolute atomic E-state index is 9.93. The molecule has 0 radical (unpaired) electrons. The van der Waals surface area contributed by atoms with E-state index in [2.05, 4.69) is 15.9 Å². The van der Waals surface area contributed by atoms with Crippen molar-refractivity contribution in [1.29, 1.82) is 0 Å². The fourth-order valence-corrected chi connectivity index (χ4v) is 0.279. The third-order valence-electron chi connectivity index (χ3n) is 0.620. The van der Waals surface area contributed by atoms with Gasteiger partial charge in [0.15, 0.2) is 0 Å². The van der Waals surface area contributed by atoms with Crippen LogP contribution >= 0.6 is 0 Å². The van der Waals surface area contributed by atoms with Crippen LogP contribution in [0.15, 0.2) is 10.8 Å². The first kappa shape index (κ1) is 9.49. The van der Waals surface area contributed by atoms with Gasteiger partial charge in [-0.2, -0.15) is 5.16 Å². The molecule has 9 heavy (non-hydrogen) atoms. The van der Waals surface area contributed by atoms with Crippen molar-refractivity contribution in [2.75, 3.05) is 0 Å². The van der Waals surface area contributed by atoms with E-state index in [0.717, 1.165) is 6.26 Å². The number of hydrogen-bond acceptors (Lipinski definition) is 3. The maximum Gasteiger partial charge on any atom is 1.00 e. The molecule has 0 unspecified atom stereocenters. The average Bonchev–Trinajstić information content (AvgIpc) is 2.12. The SMILES string of the molecule is O=C(O)c1[c-]noc1.[Rb+]. The molecule has 0 aromatic carbocycles. The van der Waals surface area contributed by atoms with Gasteiger partial charge in [0.25, 0.3) is 0 Å². The number of hydrogen-bond donors (Lipinski definition) is 1. The van der Waals surface area contributed by atoms with Crippen molar-refractivity contribution in [3.8, 4) is 0 Å². The topological polar surface area (TPSA) is 63.3 Å². The first-order chi connectivity index (χ1) is 3.80. The smallest absolute Gasteiger partial charge is 0.535 e. The Hall–Kier alpha value is 0.485. The van der Waals surface area contributed by atoms with Crippen molar-refractivity contribution in [1.82, 2.24) is 5.16 Å². The summed E-state index contributed by atoms with van der Waals surface area (Å²) in [6.45, 7) is 0. The molecule has 0 spiro atoms. The second-order valence-electron chi connectivity index (χ2n) is 1.15. The van der Waals surface area contributed by atoms with Crippen LogP contribution in [0.1, 0.15) is 10.4 Å². The van der Waals surface area contributed by atoms with E-state index in [1.165, 1.54) is 0 Å². The Bertz CT molecular complexity index is 184. The molecular weight excluding hydrogens is 196 g/mol. The fraction of sp³-hybridized carbons (Fsp3) is 0. The van der Waals surface area contributed by atoms with Crippen LogP contribution in [0.3, 0.4) is 0 Å². The molecule has 0 atom stereocenters. The molecule has 1 aromatic rings. The Labute approximate surface area is 100 Å². The normalized spacial score (nSPS) is 8.00. The van der Waals surface area contributed by atoms with E-state index in [4.69, 9.17) is 5.11 Å². The molecule has 1 rings (SSSR count). The minimum atomic E-state index is -1.08. The number of carboxylic acid groups (broad SMARTS) is 1. The zero-order valence-electron chi connectivity index (χ0n) is 4.79. The molecular formula is C4H2NO3Rb. The van der Waals surface area contributed by atoms with Crippen LogP contribution in [-0.4, -0.2) is 16.2 Å². The van der Waals surface area contributed by atoms with Gasteiger partial charge in [0.1, 0.15) is 0 Å². The summed E-state index contributed by atoms with van der Waals surface area (Å²) in [5.74, 6) is -1.08. The molecule has 4 nitrogen and oxygen atoms in total. The van der Waals surface area contributed by atoms with E-state index in [1.807, 2.05) is 0 Å². The number of nitrogens with zero attached hydrogens (tertiary/aromatic N) is 1. The van der Waals surface area contributed by atoms with Crippen molar-refractivity contribution < 1.29 is 72.6 Å². The van der Waals surface area contributed by atoms with Gasteiger partial charge in [-0.05, 0) is 6.20 Å². The van der Waals surface area contributed by atoms with E-state index >= 15 is 0 Å². The summed E-state index contributed by atoms with van der Waals surface area (Å²) in [4.78, 5) is 9.93. The van der Waals surface area contributed by atoms with Crippen LogP contribution in [-0.2, 0) is 0 Å². The van der Waals surface area contributed by atoms with Crippen LogP contribution in [0.5, 0.6) is 0 Å². The van der Waals surface area contributed by atoms with E-state index in [-0.39, 0.29) is 63.8 Å². The van der Waals surface area contributed by atoms with E-state index in [0.29, 0.717) is 0 Å². The summed E-state index contributed by atoms with van der Waals surface area (Å²) in [6, 6.07) is 0. The third-order valence-corrected chi connectivity index (χ3v) is 0.620. The molecule has 1 aromatic heterocycles. The monoisotopic (exact) mass is 197 g/mol. The van der Waals surface area contributed by atoms with Crippen molar-refractivity contribution in [3.63, 3.8) is 0 Å². The second kappa shape index (κ2) is 4.32. The average molecular weight is 198 g/mol. The molecule has 0 aliphatic rings. The van der Waals surface area contributed by atoms with Gasteiger partial charge in [-0.25, -0.2) is 0 Å². The predicted octanol–water partition coefficient (Wildman–Crippen LogP) is -2.82. The Morgan fingerprint density at radius 3 is 2.78 bits per heavy atom. The number of aromatic nitrogens is 1. The summed E-state index contributed by atoms with van der Waals surface area (Å²) in [6.07, 6.45) is 3.14. The molecule has 1 heterocycles. The number of carboxylic acids is 1. The fourth-order valence-electron chi connectivity index (χ4n) is 0.279. The second-order valence-corrected chi connectivity index (χ2v) is 1.15. The Balaban J connectivity index is 0.000000640. The molecule has 0 fully saturated rings. The standard InChI is InChI=1S/C4H2NO3.Rb/c6-4(7)3-1-5-8-2-3;/h2H,(H,6,7);/q-1;+1. The van der Waals surface area contributed by atoms with Crippen LogP contribution in [0.25, 0.3) is 0 Å². The van der Waals surface area contributed by atoms with Crippen LogP contribution in [0.4, 0.5) is 0 Å². The van der Waals surface area contributed by atoms with E-state index in [1.54, 1.807) is 0 Å². The molecule has 0 amide bonds. The molecule has 0 bridgehead atoms. The van der Waals surface area contributed by atoms with Crippen molar-refractivity contribution in [3.05, 3.63) is 18.0 Å². The summed E-state index contributed by atoms with van der Waals surface area (Å²) in [5, 5.41) is 11.2. The quantitative estimate of drug-likeness (QED) is 0.494. The molecule has 0 aliphatic heterocycles.